The molecule has 1 saturated carbocycles. The summed E-state index contributed by atoms with van der Waals surface area (Å²) in [4.78, 5) is 0. The Balaban J connectivity index is 1.85. The molecule has 1 N–H and O–H groups in total. The molecule has 2 fully saturated rings. The summed E-state index contributed by atoms with van der Waals surface area (Å²) >= 11 is 0. The summed E-state index contributed by atoms with van der Waals surface area (Å²) in [7, 11) is -2.94. The summed E-state index contributed by atoms with van der Waals surface area (Å²) in [6, 6.07) is 0.974. The highest BCUT2D eigenvalue weighted by Crippen LogP contribution is 2.32. The summed E-state index contributed by atoms with van der Waals surface area (Å²) in [5.74, 6) is 0. The van der Waals surface area contributed by atoms with Gasteiger partial charge in [0.15, 0.2) is 0 Å². The van der Waals surface area contributed by atoms with Gasteiger partial charge in [0.25, 0.3) is 0 Å². The molecule has 16 heavy (non-hydrogen) atoms. The van der Waals surface area contributed by atoms with Crippen LogP contribution in [0.3, 0.4) is 0 Å². The van der Waals surface area contributed by atoms with Gasteiger partial charge >= 0.3 is 0 Å². The van der Waals surface area contributed by atoms with E-state index in [9.17, 15) is 8.42 Å². The monoisotopic (exact) mass is 246 g/mol. The first kappa shape index (κ1) is 12.3. The van der Waals surface area contributed by atoms with E-state index in [4.69, 9.17) is 0 Å². The van der Waals surface area contributed by atoms with E-state index in [0.717, 1.165) is 25.7 Å². The normalized spacial score (nSPS) is 25.2. The lowest BCUT2D eigenvalue weighted by molar-refractivity contribution is 0.279. The average molecular weight is 246 g/mol. The smallest absolute Gasteiger partial charge is 0.216 e. The molecular weight excluding hydrogens is 224 g/mol. The van der Waals surface area contributed by atoms with Crippen molar-refractivity contribution < 1.29 is 8.42 Å². The quantitative estimate of drug-likeness (QED) is 0.803. The van der Waals surface area contributed by atoms with Gasteiger partial charge in [-0.15, -0.1) is 0 Å². The van der Waals surface area contributed by atoms with Crippen molar-refractivity contribution >= 4 is 10.0 Å². The van der Waals surface area contributed by atoms with Crippen LogP contribution in [0.25, 0.3) is 0 Å². The number of piperidine rings is 1. The van der Waals surface area contributed by atoms with E-state index in [-0.39, 0.29) is 5.25 Å². The van der Waals surface area contributed by atoms with E-state index in [1.807, 2.05) is 0 Å². The van der Waals surface area contributed by atoms with Crippen molar-refractivity contribution in [2.75, 3.05) is 13.1 Å². The minimum absolute atomic E-state index is 0.0536. The van der Waals surface area contributed by atoms with E-state index in [1.54, 1.807) is 4.31 Å². The Kier molecular flexibility index (Phi) is 3.56. The molecule has 1 heterocycles. The first-order valence-corrected chi connectivity index (χ1v) is 7.75. The number of hydrogen-bond donors (Lipinski definition) is 1. The van der Waals surface area contributed by atoms with E-state index in [2.05, 4.69) is 19.2 Å². The lowest BCUT2D eigenvalue weighted by Crippen LogP contribution is -2.47. The van der Waals surface area contributed by atoms with Gasteiger partial charge in [-0.25, -0.2) is 12.7 Å². The topological polar surface area (TPSA) is 49.4 Å². The molecule has 1 aliphatic heterocycles. The van der Waals surface area contributed by atoms with E-state index in [0.29, 0.717) is 25.2 Å². The Bertz CT molecular complexity index is 328. The third-order valence-corrected chi connectivity index (χ3v) is 5.73. The molecule has 0 spiro atoms. The van der Waals surface area contributed by atoms with Crippen LogP contribution in [0.5, 0.6) is 0 Å². The second-order valence-corrected chi connectivity index (χ2v) is 7.45. The molecule has 0 aromatic rings. The van der Waals surface area contributed by atoms with Crippen molar-refractivity contribution in [2.45, 2.75) is 56.9 Å². The summed E-state index contributed by atoms with van der Waals surface area (Å²) in [5, 5.41) is 3.42. The Morgan fingerprint density at radius 2 is 1.69 bits per heavy atom. The van der Waals surface area contributed by atoms with Crippen LogP contribution in [0, 0.1) is 0 Å². The number of hydrogen-bond acceptors (Lipinski definition) is 3. The van der Waals surface area contributed by atoms with E-state index < -0.39 is 10.0 Å². The summed E-state index contributed by atoms with van der Waals surface area (Å²) in [6.07, 6.45) is 3.63. The summed E-state index contributed by atoms with van der Waals surface area (Å²) < 4.78 is 25.7. The SMILES string of the molecule is CC(C)NC1CCN(S(=O)(=O)C2CC2)CC1. The maximum absolute atomic E-state index is 12.0. The predicted octanol–water partition coefficient (Wildman–Crippen LogP) is 0.941. The van der Waals surface area contributed by atoms with Gasteiger partial charge in [0.2, 0.25) is 10.0 Å². The molecule has 0 aromatic heterocycles. The zero-order valence-corrected chi connectivity index (χ0v) is 11.0. The van der Waals surface area contributed by atoms with Gasteiger partial charge in [-0.3, -0.25) is 0 Å². The fourth-order valence-corrected chi connectivity index (χ4v) is 4.20. The van der Waals surface area contributed by atoms with Crippen molar-refractivity contribution in [3.63, 3.8) is 0 Å². The lowest BCUT2D eigenvalue weighted by atomic mass is 10.1. The van der Waals surface area contributed by atoms with Crippen molar-refractivity contribution in [3.05, 3.63) is 0 Å². The van der Waals surface area contributed by atoms with E-state index in [1.165, 1.54) is 0 Å². The number of sulfonamides is 1. The Labute approximate surface area is 98.4 Å². The zero-order valence-electron chi connectivity index (χ0n) is 10.1. The molecule has 0 unspecified atom stereocenters. The lowest BCUT2D eigenvalue weighted by Gasteiger charge is -2.32. The molecule has 2 aliphatic rings. The van der Waals surface area contributed by atoms with Crippen LogP contribution >= 0.6 is 0 Å². The van der Waals surface area contributed by atoms with Crippen LogP contribution in [0.15, 0.2) is 0 Å². The fraction of sp³-hybridized carbons (Fsp3) is 1.00. The second kappa shape index (κ2) is 4.63. The maximum atomic E-state index is 12.0. The number of nitrogens with one attached hydrogen (secondary N) is 1. The highest BCUT2D eigenvalue weighted by molar-refractivity contribution is 7.90. The third kappa shape index (κ3) is 2.76. The maximum Gasteiger partial charge on any atom is 0.216 e. The summed E-state index contributed by atoms with van der Waals surface area (Å²) in [6.45, 7) is 5.66. The van der Waals surface area contributed by atoms with Crippen molar-refractivity contribution in [2.24, 2.45) is 0 Å². The van der Waals surface area contributed by atoms with E-state index >= 15 is 0 Å². The van der Waals surface area contributed by atoms with Gasteiger partial charge in [-0.2, -0.15) is 0 Å². The van der Waals surface area contributed by atoms with Crippen LogP contribution in [-0.2, 0) is 10.0 Å². The molecule has 0 bridgehead atoms. The van der Waals surface area contributed by atoms with Gasteiger partial charge in [0.1, 0.15) is 0 Å². The number of nitrogens with zero attached hydrogens (tertiary/aromatic N) is 1. The molecule has 0 atom stereocenters. The van der Waals surface area contributed by atoms with Crippen LogP contribution in [0.2, 0.25) is 0 Å². The minimum atomic E-state index is -2.94. The van der Waals surface area contributed by atoms with Gasteiger partial charge in [-0.05, 0) is 25.7 Å². The fourth-order valence-electron chi connectivity index (χ4n) is 2.33. The third-order valence-electron chi connectivity index (χ3n) is 3.33. The first-order chi connectivity index (χ1) is 7.50. The Hall–Kier alpha value is -0.130. The van der Waals surface area contributed by atoms with Crippen molar-refractivity contribution in [1.82, 2.24) is 9.62 Å². The molecule has 0 aromatic carbocycles. The predicted molar refractivity (Wildman–Crippen MR) is 64.8 cm³/mol. The first-order valence-electron chi connectivity index (χ1n) is 6.25. The molecule has 1 aliphatic carbocycles. The molecular formula is C11H22N2O2S. The Morgan fingerprint density at radius 3 is 2.12 bits per heavy atom. The van der Waals surface area contributed by atoms with Gasteiger partial charge in [-0.1, -0.05) is 13.8 Å². The second-order valence-electron chi connectivity index (χ2n) is 5.24. The molecule has 0 radical (unpaired) electrons. The largest absolute Gasteiger partial charge is 0.312 e. The highest BCUT2D eigenvalue weighted by Gasteiger charge is 2.41. The van der Waals surface area contributed by atoms with Crippen molar-refractivity contribution in [1.29, 1.82) is 0 Å². The van der Waals surface area contributed by atoms with Crippen LogP contribution in [-0.4, -0.2) is 43.1 Å². The Morgan fingerprint density at radius 1 is 1.12 bits per heavy atom. The molecule has 4 nitrogen and oxygen atoms in total. The standard InChI is InChI=1S/C11H22N2O2S/c1-9(2)12-10-5-7-13(8-6-10)16(14,15)11-3-4-11/h9-12H,3-8H2,1-2H3. The highest BCUT2D eigenvalue weighted by atomic mass is 32.2. The van der Waals surface area contributed by atoms with Crippen LogP contribution < -0.4 is 5.32 Å². The average Bonchev–Trinajstić information content (AvgIpc) is 3.00. The van der Waals surface area contributed by atoms with Gasteiger partial charge in [0.05, 0.1) is 5.25 Å². The van der Waals surface area contributed by atoms with Crippen LogP contribution in [0.4, 0.5) is 0 Å². The minimum Gasteiger partial charge on any atom is -0.312 e. The van der Waals surface area contributed by atoms with Gasteiger partial charge in [0, 0.05) is 25.2 Å². The zero-order chi connectivity index (χ0) is 11.8. The van der Waals surface area contributed by atoms with Crippen LogP contribution in [0.1, 0.15) is 39.5 Å². The number of rotatable bonds is 4. The molecule has 5 heteroatoms. The molecule has 94 valence electrons. The summed E-state index contributed by atoms with van der Waals surface area (Å²) in [5.41, 5.74) is 0. The molecule has 0 amide bonds. The molecule has 1 saturated heterocycles. The molecule has 2 rings (SSSR count). The van der Waals surface area contributed by atoms with Gasteiger partial charge < -0.3 is 5.32 Å². The van der Waals surface area contributed by atoms with Crippen molar-refractivity contribution in [3.8, 4) is 0 Å².